The first kappa shape index (κ1) is 18.6. The highest BCUT2D eigenvalue weighted by molar-refractivity contribution is 5.98. The highest BCUT2D eigenvalue weighted by Gasteiger charge is 2.27. The molecule has 1 heterocycles. The molecule has 0 radical (unpaired) electrons. The van der Waals surface area contributed by atoms with Crippen molar-refractivity contribution in [1.82, 2.24) is 10.3 Å². The Kier molecular flexibility index (Phi) is 5.88. The van der Waals surface area contributed by atoms with Crippen molar-refractivity contribution in [3.8, 4) is 0 Å². The first-order valence-corrected chi connectivity index (χ1v) is 8.12. The fraction of sp³-hybridized carbons (Fsp3) is 0.316. The Balaban J connectivity index is 2.00. The van der Waals surface area contributed by atoms with E-state index in [-0.39, 0.29) is 17.2 Å². The summed E-state index contributed by atoms with van der Waals surface area (Å²) in [6, 6.07) is 11.6. The Hall–Kier alpha value is -2.73. The van der Waals surface area contributed by atoms with Gasteiger partial charge in [0.1, 0.15) is 0 Å². The van der Waals surface area contributed by atoms with Gasteiger partial charge in [0.2, 0.25) is 5.91 Å². The van der Waals surface area contributed by atoms with E-state index in [1.807, 2.05) is 39.0 Å². The fourth-order valence-corrected chi connectivity index (χ4v) is 2.13. The van der Waals surface area contributed by atoms with E-state index in [4.69, 9.17) is 5.73 Å². The van der Waals surface area contributed by atoms with E-state index in [2.05, 4.69) is 15.6 Å². The molecule has 0 unspecified atom stereocenters. The highest BCUT2D eigenvalue weighted by Crippen LogP contribution is 2.19. The first-order chi connectivity index (χ1) is 11.8. The molecule has 2 amide bonds. The number of rotatable bonds is 5. The van der Waals surface area contributed by atoms with Gasteiger partial charge in [0.15, 0.2) is 0 Å². The zero-order chi connectivity index (χ0) is 18.4. The Labute approximate surface area is 147 Å². The summed E-state index contributed by atoms with van der Waals surface area (Å²) in [5.41, 5.74) is 7.38. The van der Waals surface area contributed by atoms with Crippen molar-refractivity contribution in [2.24, 2.45) is 11.1 Å². The van der Waals surface area contributed by atoms with E-state index in [1.165, 1.54) is 0 Å². The van der Waals surface area contributed by atoms with E-state index < -0.39 is 6.04 Å². The minimum atomic E-state index is -0.644. The van der Waals surface area contributed by atoms with Gasteiger partial charge in [-0.25, -0.2) is 0 Å². The lowest BCUT2D eigenvalue weighted by atomic mass is 9.87. The van der Waals surface area contributed by atoms with E-state index in [0.717, 1.165) is 5.69 Å². The van der Waals surface area contributed by atoms with Crippen LogP contribution in [0.4, 0.5) is 5.69 Å². The van der Waals surface area contributed by atoms with Crippen molar-refractivity contribution in [2.75, 3.05) is 5.32 Å². The molecule has 0 saturated heterocycles. The van der Waals surface area contributed by atoms with Gasteiger partial charge in [0.05, 0.1) is 18.3 Å². The minimum absolute atomic E-state index is 0.234. The number of nitrogens with one attached hydrogen (secondary N) is 2. The van der Waals surface area contributed by atoms with Gasteiger partial charge in [-0.15, -0.1) is 0 Å². The van der Waals surface area contributed by atoms with Crippen LogP contribution in [-0.2, 0) is 11.3 Å². The third kappa shape index (κ3) is 5.39. The second kappa shape index (κ2) is 7.90. The average Bonchev–Trinajstić information content (AvgIpc) is 2.59. The summed E-state index contributed by atoms with van der Waals surface area (Å²) in [5, 5.41) is 5.56. The molecule has 6 heteroatoms. The van der Waals surface area contributed by atoms with E-state index in [9.17, 15) is 9.59 Å². The lowest BCUT2D eigenvalue weighted by Crippen LogP contribution is -2.45. The topological polar surface area (TPSA) is 97.1 Å². The summed E-state index contributed by atoms with van der Waals surface area (Å²) in [6.07, 6.45) is 1.68. The Morgan fingerprint density at radius 3 is 2.56 bits per heavy atom. The van der Waals surface area contributed by atoms with Gasteiger partial charge in [0.25, 0.3) is 5.91 Å². The average molecular weight is 340 g/mol. The molecule has 25 heavy (non-hydrogen) atoms. The summed E-state index contributed by atoms with van der Waals surface area (Å²) in [6.45, 7) is 6.04. The third-order valence-corrected chi connectivity index (χ3v) is 3.76. The standard InChI is InChI=1S/C19H24N4O2/c1-19(2,3)16(20)18(25)23-14-9-6-7-13(11-14)17(24)22-12-15-8-4-5-10-21-15/h4-11,16H,12,20H2,1-3H3,(H,22,24)(H,23,25)/t16-/m1/s1. The normalized spacial score (nSPS) is 12.3. The van der Waals surface area contributed by atoms with Crippen LogP contribution >= 0.6 is 0 Å². The number of nitrogens with two attached hydrogens (primary N) is 1. The number of nitrogens with zero attached hydrogens (tertiary/aromatic N) is 1. The summed E-state index contributed by atoms with van der Waals surface area (Å²) >= 11 is 0. The smallest absolute Gasteiger partial charge is 0.251 e. The molecule has 0 saturated carbocycles. The quantitative estimate of drug-likeness (QED) is 0.778. The Morgan fingerprint density at radius 2 is 1.92 bits per heavy atom. The summed E-state index contributed by atoms with van der Waals surface area (Å²) in [4.78, 5) is 28.6. The Morgan fingerprint density at radius 1 is 1.16 bits per heavy atom. The first-order valence-electron chi connectivity index (χ1n) is 8.12. The molecule has 0 fully saturated rings. The molecule has 1 aromatic heterocycles. The second-order valence-electron chi connectivity index (χ2n) is 6.92. The third-order valence-electron chi connectivity index (χ3n) is 3.76. The van der Waals surface area contributed by atoms with Gasteiger partial charge in [-0.3, -0.25) is 14.6 Å². The number of anilines is 1. The lowest BCUT2D eigenvalue weighted by Gasteiger charge is -2.25. The summed E-state index contributed by atoms with van der Waals surface area (Å²) in [5.74, 6) is -0.514. The van der Waals surface area contributed by atoms with Crippen LogP contribution in [0.1, 0.15) is 36.8 Å². The van der Waals surface area contributed by atoms with Crippen molar-refractivity contribution < 1.29 is 9.59 Å². The molecular weight excluding hydrogens is 316 g/mol. The van der Waals surface area contributed by atoms with Gasteiger partial charge in [-0.2, -0.15) is 0 Å². The summed E-state index contributed by atoms with van der Waals surface area (Å²) in [7, 11) is 0. The van der Waals surface area contributed by atoms with Crippen LogP contribution < -0.4 is 16.4 Å². The molecule has 1 aromatic carbocycles. The van der Waals surface area contributed by atoms with E-state index in [0.29, 0.717) is 17.8 Å². The van der Waals surface area contributed by atoms with Crippen LogP contribution in [0.15, 0.2) is 48.7 Å². The fourth-order valence-electron chi connectivity index (χ4n) is 2.13. The molecular formula is C19H24N4O2. The number of aromatic nitrogens is 1. The van der Waals surface area contributed by atoms with Gasteiger partial charge >= 0.3 is 0 Å². The van der Waals surface area contributed by atoms with Crippen LogP contribution in [0.25, 0.3) is 0 Å². The monoisotopic (exact) mass is 340 g/mol. The maximum atomic E-state index is 12.3. The molecule has 4 N–H and O–H groups in total. The largest absolute Gasteiger partial charge is 0.346 e. The molecule has 1 atom stereocenters. The van der Waals surface area contributed by atoms with Crippen LogP contribution in [0.5, 0.6) is 0 Å². The maximum absolute atomic E-state index is 12.3. The molecule has 0 aliphatic carbocycles. The van der Waals surface area contributed by atoms with Crippen LogP contribution in [0.3, 0.4) is 0 Å². The zero-order valence-electron chi connectivity index (χ0n) is 14.7. The highest BCUT2D eigenvalue weighted by atomic mass is 16.2. The minimum Gasteiger partial charge on any atom is -0.346 e. The molecule has 0 bridgehead atoms. The number of carbonyl (C=O) groups excluding carboxylic acids is 2. The van der Waals surface area contributed by atoms with E-state index in [1.54, 1.807) is 30.5 Å². The maximum Gasteiger partial charge on any atom is 0.251 e. The SMILES string of the molecule is CC(C)(C)[C@H](N)C(=O)Nc1cccc(C(=O)NCc2ccccn2)c1. The van der Waals surface area contributed by atoms with Crippen molar-refractivity contribution in [1.29, 1.82) is 0 Å². The second-order valence-corrected chi connectivity index (χ2v) is 6.92. The van der Waals surface area contributed by atoms with Crippen LogP contribution in [0.2, 0.25) is 0 Å². The number of benzene rings is 1. The molecule has 0 aliphatic heterocycles. The predicted molar refractivity (Wildman–Crippen MR) is 97.9 cm³/mol. The zero-order valence-corrected chi connectivity index (χ0v) is 14.7. The van der Waals surface area contributed by atoms with Gasteiger partial charge in [-0.1, -0.05) is 32.9 Å². The van der Waals surface area contributed by atoms with Gasteiger partial charge < -0.3 is 16.4 Å². The molecule has 6 nitrogen and oxygen atoms in total. The van der Waals surface area contributed by atoms with Crippen LogP contribution in [-0.4, -0.2) is 22.8 Å². The van der Waals surface area contributed by atoms with E-state index >= 15 is 0 Å². The molecule has 0 aliphatic rings. The van der Waals surface area contributed by atoms with Crippen molar-refractivity contribution >= 4 is 17.5 Å². The number of hydrogen-bond acceptors (Lipinski definition) is 4. The lowest BCUT2D eigenvalue weighted by molar-refractivity contribution is -0.119. The molecule has 2 aromatic rings. The molecule has 2 rings (SSSR count). The predicted octanol–water partition coefficient (Wildman–Crippen LogP) is 2.32. The van der Waals surface area contributed by atoms with Gasteiger partial charge in [-0.05, 0) is 35.7 Å². The van der Waals surface area contributed by atoms with Crippen molar-refractivity contribution in [2.45, 2.75) is 33.4 Å². The van der Waals surface area contributed by atoms with Gasteiger partial charge in [0, 0.05) is 17.4 Å². The number of hydrogen-bond donors (Lipinski definition) is 3. The number of pyridine rings is 1. The van der Waals surface area contributed by atoms with Crippen LogP contribution in [0, 0.1) is 5.41 Å². The number of carbonyl (C=O) groups is 2. The molecule has 132 valence electrons. The Bertz CT molecular complexity index is 739. The van der Waals surface area contributed by atoms with Crippen molar-refractivity contribution in [3.63, 3.8) is 0 Å². The summed E-state index contributed by atoms with van der Waals surface area (Å²) < 4.78 is 0. The number of amides is 2. The molecule has 0 spiro atoms. The van der Waals surface area contributed by atoms with Crippen molar-refractivity contribution in [3.05, 3.63) is 59.9 Å².